The predicted octanol–water partition coefficient (Wildman–Crippen LogP) is 2.63. The molecule has 0 spiro atoms. The maximum atomic E-state index is 10.6. The van der Waals surface area contributed by atoms with E-state index in [4.69, 9.17) is 9.52 Å². The number of carboxylic acids is 1. The SMILES string of the molecule is O=C(O)c1ccc(NCCc2ccccc2)o1. The van der Waals surface area contributed by atoms with Gasteiger partial charge in [-0.05, 0) is 18.1 Å². The number of hydrogen-bond donors (Lipinski definition) is 2. The Morgan fingerprint density at radius 2 is 1.94 bits per heavy atom. The average Bonchev–Trinajstić information content (AvgIpc) is 2.79. The van der Waals surface area contributed by atoms with Crippen LogP contribution in [-0.4, -0.2) is 17.6 Å². The summed E-state index contributed by atoms with van der Waals surface area (Å²) in [5.74, 6) is -0.619. The fraction of sp³-hybridized carbons (Fsp3) is 0.154. The van der Waals surface area contributed by atoms with E-state index in [-0.39, 0.29) is 5.76 Å². The lowest BCUT2D eigenvalue weighted by molar-refractivity contribution is 0.0663. The molecular weight excluding hydrogens is 218 g/mol. The topological polar surface area (TPSA) is 62.5 Å². The van der Waals surface area contributed by atoms with Crippen LogP contribution in [0.4, 0.5) is 5.88 Å². The average molecular weight is 231 g/mol. The number of rotatable bonds is 5. The van der Waals surface area contributed by atoms with Crippen molar-refractivity contribution in [1.82, 2.24) is 0 Å². The number of aromatic carboxylic acids is 1. The lowest BCUT2D eigenvalue weighted by Crippen LogP contribution is -2.03. The Labute approximate surface area is 98.9 Å². The molecule has 0 atom stereocenters. The van der Waals surface area contributed by atoms with Crippen LogP contribution < -0.4 is 5.32 Å². The summed E-state index contributed by atoms with van der Waals surface area (Å²) in [7, 11) is 0. The minimum Gasteiger partial charge on any atom is -0.475 e. The summed E-state index contributed by atoms with van der Waals surface area (Å²) in [4.78, 5) is 10.6. The van der Waals surface area contributed by atoms with Crippen molar-refractivity contribution in [3.05, 3.63) is 53.8 Å². The number of hydrogen-bond acceptors (Lipinski definition) is 3. The van der Waals surface area contributed by atoms with Crippen molar-refractivity contribution in [2.45, 2.75) is 6.42 Å². The Morgan fingerprint density at radius 1 is 1.18 bits per heavy atom. The van der Waals surface area contributed by atoms with Crippen molar-refractivity contribution in [1.29, 1.82) is 0 Å². The minimum absolute atomic E-state index is 0.0489. The molecule has 0 unspecified atom stereocenters. The molecule has 0 aliphatic carbocycles. The molecule has 4 heteroatoms. The molecule has 0 fully saturated rings. The van der Waals surface area contributed by atoms with Gasteiger partial charge in [-0.25, -0.2) is 4.79 Å². The molecule has 0 saturated heterocycles. The molecule has 0 aliphatic rings. The van der Waals surface area contributed by atoms with Gasteiger partial charge in [0, 0.05) is 12.6 Å². The lowest BCUT2D eigenvalue weighted by atomic mass is 10.1. The number of anilines is 1. The zero-order chi connectivity index (χ0) is 12.1. The molecule has 2 N–H and O–H groups in total. The first-order valence-electron chi connectivity index (χ1n) is 5.36. The van der Waals surface area contributed by atoms with Crippen LogP contribution in [-0.2, 0) is 6.42 Å². The third kappa shape index (κ3) is 3.11. The van der Waals surface area contributed by atoms with Crippen molar-refractivity contribution >= 4 is 11.9 Å². The molecule has 0 radical (unpaired) electrons. The highest BCUT2D eigenvalue weighted by Crippen LogP contribution is 2.13. The highest BCUT2D eigenvalue weighted by Gasteiger charge is 2.07. The Bertz CT molecular complexity index is 490. The highest BCUT2D eigenvalue weighted by atomic mass is 16.4. The van der Waals surface area contributed by atoms with Gasteiger partial charge >= 0.3 is 5.97 Å². The molecule has 1 aromatic carbocycles. The number of carbonyl (C=O) groups is 1. The van der Waals surface area contributed by atoms with Gasteiger partial charge in [-0.2, -0.15) is 0 Å². The van der Waals surface area contributed by atoms with Gasteiger partial charge < -0.3 is 14.8 Å². The number of furan rings is 1. The van der Waals surface area contributed by atoms with E-state index in [2.05, 4.69) is 5.32 Å². The van der Waals surface area contributed by atoms with E-state index < -0.39 is 5.97 Å². The molecule has 0 aliphatic heterocycles. The van der Waals surface area contributed by atoms with Gasteiger partial charge in [0.1, 0.15) is 0 Å². The Morgan fingerprint density at radius 3 is 2.59 bits per heavy atom. The molecule has 17 heavy (non-hydrogen) atoms. The van der Waals surface area contributed by atoms with Gasteiger partial charge in [-0.15, -0.1) is 0 Å². The van der Waals surface area contributed by atoms with Crippen LogP contribution in [0.3, 0.4) is 0 Å². The number of nitrogens with one attached hydrogen (secondary N) is 1. The van der Waals surface area contributed by atoms with E-state index in [9.17, 15) is 4.79 Å². The summed E-state index contributed by atoms with van der Waals surface area (Å²) in [6.07, 6.45) is 0.865. The minimum atomic E-state index is -1.05. The third-order valence-electron chi connectivity index (χ3n) is 2.37. The molecule has 2 rings (SSSR count). The smallest absolute Gasteiger partial charge is 0.371 e. The van der Waals surface area contributed by atoms with Gasteiger partial charge in [0.2, 0.25) is 5.76 Å². The molecule has 4 nitrogen and oxygen atoms in total. The first-order valence-corrected chi connectivity index (χ1v) is 5.36. The summed E-state index contributed by atoms with van der Waals surface area (Å²) in [6.45, 7) is 0.705. The Hall–Kier alpha value is -2.23. The van der Waals surface area contributed by atoms with Crippen LogP contribution in [0.1, 0.15) is 16.1 Å². The maximum absolute atomic E-state index is 10.6. The number of carboxylic acid groups (broad SMARTS) is 1. The first-order chi connectivity index (χ1) is 8.25. The van der Waals surface area contributed by atoms with Crippen molar-refractivity contribution < 1.29 is 14.3 Å². The highest BCUT2D eigenvalue weighted by molar-refractivity contribution is 5.84. The summed E-state index contributed by atoms with van der Waals surface area (Å²) in [6, 6.07) is 13.1. The molecule has 1 aromatic heterocycles. The van der Waals surface area contributed by atoms with Crippen LogP contribution >= 0.6 is 0 Å². The van der Waals surface area contributed by atoms with Gasteiger partial charge in [0.15, 0.2) is 5.88 Å². The fourth-order valence-electron chi connectivity index (χ4n) is 1.52. The second-order valence-corrected chi connectivity index (χ2v) is 3.63. The van der Waals surface area contributed by atoms with E-state index in [1.165, 1.54) is 11.6 Å². The summed E-state index contributed by atoms with van der Waals surface area (Å²) < 4.78 is 5.07. The Balaban J connectivity index is 1.84. The predicted molar refractivity (Wildman–Crippen MR) is 64.3 cm³/mol. The second kappa shape index (κ2) is 5.21. The molecule has 0 saturated carbocycles. The first kappa shape index (κ1) is 11.3. The van der Waals surface area contributed by atoms with Gasteiger partial charge in [-0.1, -0.05) is 30.3 Å². The molecular formula is C13H13NO3. The molecule has 2 aromatic rings. The molecule has 88 valence electrons. The van der Waals surface area contributed by atoms with Gasteiger partial charge in [-0.3, -0.25) is 0 Å². The van der Waals surface area contributed by atoms with E-state index in [0.29, 0.717) is 12.4 Å². The molecule has 0 amide bonds. The van der Waals surface area contributed by atoms with Gasteiger partial charge in [0.05, 0.1) is 0 Å². The third-order valence-corrected chi connectivity index (χ3v) is 2.37. The van der Waals surface area contributed by atoms with Crippen molar-refractivity contribution in [2.75, 3.05) is 11.9 Å². The van der Waals surface area contributed by atoms with Crippen LogP contribution in [0.15, 0.2) is 46.9 Å². The van der Waals surface area contributed by atoms with E-state index >= 15 is 0 Å². The molecule has 0 bridgehead atoms. The zero-order valence-electron chi connectivity index (χ0n) is 9.22. The van der Waals surface area contributed by atoms with Crippen LogP contribution in [0.25, 0.3) is 0 Å². The van der Waals surface area contributed by atoms with Crippen LogP contribution in [0.5, 0.6) is 0 Å². The number of benzene rings is 1. The van der Waals surface area contributed by atoms with E-state index in [1.807, 2.05) is 30.3 Å². The summed E-state index contributed by atoms with van der Waals surface area (Å²) in [5.41, 5.74) is 1.23. The van der Waals surface area contributed by atoms with Crippen LogP contribution in [0, 0.1) is 0 Å². The van der Waals surface area contributed by atoms with Crippen molar-refractivity contribution in [2.24, 2.45) is 0 Å². The quantitative estimate of drug-likeness (QED) is 0.830. The second-order valence-electron chi connectivity index (χ2n) is 3.63. The Kier molecular flexibility index (Phi) is 3.45. The lowest BCUT2D eigenvalue weighted by Gasteiger charge is -2.02. The summed E-state index contributed by atoms with van der Waals surface area (Å²) in [5, 5.41) is 11.7. The van der Waals surface area contributed by atoms with E-state index in [0.717, 1.165) is 6.42 Å². The van der Waals surface area contributed by atoms with Crippen molar-refractivity contribution in [3.8, 4) is 0 Å². The zero-order valence-corrected chi connectivity index (χ0v) is 9.22. The van der Waals surface area contributed by atoms with Crippen molar-refractivity contribution in [3.63, 3.8) is 0 Å². The monoisotopic (exact) mass is 231 g/mol. The fourth-order valence-corrected chi connectivity index (χ4v) is 1.52. The van der Waals surface area contributed by atoms with Crippen LogP contribution in [0.2, 0.25) is 0 Å². The van der Waals surface area contributed by atoms with E-state index in [1.54, 1.807) is 6.07 Å². The van der Waals surface area contributed by atoms with Gasteiger partial charge in [0.25, 0.3) is 0 Å². The standard InChI is InChI=1S/C13H13NO3/c15-13(16)11-6-7-12(17-11)14-9-8-10-4-2-1-3-5-10/h1-7,14H,8-9H2,(H,15,16). The largest absolute Gasteiger partial charge is 0.475 e. The summed E-state index contributed by atoms with van der Waals surface area (Å²) >= 11 is 0. The maximum Gasteiger partial charge on any atom is 0.371 e. The molecule has 1 heterocycles. The normalized spacial score (nSPS) is 10.1.